The molecule has 1 amide bonds. The highest BCUT2D eigenvalue weighted by Gasteiger charge is 2.41. The third-order valence-corrected chi connectivity index (χ3v) is 5.66. The maximum absolute atomic E-state index is 11.6. The van der Waals surface area contributed by atoms with Gasteiger partial charge in [-0.3, -0.25) is 9.79 Å². The molecule has 1 fully saturated rings. The number of nitrogens with zero attached hydrogens (tertiary/aromatic N) is 1. The highest BCUT2D eigenvalue weighted by molar-refractivity contribution is 6.13. The van der Waals surface area contributed by atoms with Crippen LogP contribution in [0.25, 0.3) is 0 Å². The molecular formula is C23H28N4O. The largest absolute Gasteiger partial charge is 0.371 e. The van der Waals surface area contributed by atoms with Crippen molar-refractivity contribution in [1.82, 2.24) is 0 Å². The molecule has 5 nitrogen and oxygen atoms in total. The van der Waals surface area contributed by atoms with E-state index in [0.29, 0.717) is 6.54 Å². The lowest BCUT2D eigenvalue weighted by Gasteiger charge is -2.44. The Labute approximate surface area is 166 Å². The van der Waals surface area contributed by atoms with Gasteiger partial charge in [0.25, 0.3) is 0 Å². The molecular weight excluding hydrogens is 348 g/mol. The zero-order valence-electron chi connectivity index (χ0n) is 16.6. The van der Waals surface area contributed by atoms with Crippen LogP contribution >= 0.6 is 0 Å². The van der Waals surface area contributed by atoms with Crippen LogP contribution in [0.5, 0.6) is 0 Å². The summed E-state index contributed by atoms with van der Waals surface area (Å²) in [5.74, 6) is 0.908. The van der Waals surface area contributed by atoms with Crippen molar-refractivity contribution in [1.29, 1.82) is 0 Å². The van der Waals surface area contributed by atoms with E-state index in [1.807, 2.05) is 12.1 Å². The molecule has 0 aromatic heterocycles. The predicted molar refractivity (Wildman–Crippen MR) is 116 cm³/mol. The number of benzene rings is 2. The minimum absolute atomic E-state index is 0.0774. The highest BCUT2D eigenvalue weighted by Crippen LogP contribution is 2.42. The Balaban J connectivity index is 1.70. The molecule has 1 saturated carbocycles. The van der Waals surface area contributed by atoms with Gasteiger partial charge in [0.1, 0.15) is 5.84 Å². The van der Waals surface area contributed by atoms with Crippen LogP contribution in [-0.2, 0) is 11.3 Å². The summed E-state index contributed by atoms with van der Waals surface area (Å²) in [5.41, 5.74) is 5.02. The smallest absolute Gasteiger partial charge is 0.221 e. The van der Waals surface area contributed by atoms with Crippen molar-refractivity contribution in [2.75, 3.05) is 16.0 Å². The van der Waals surface area contributed by atoms with E-state index in [1.165, 1.54) is 37.3 Å². The summed E-state index contributed by atoms with van der Waals surface area (Å²) < 4.78 is 0. The van der Waals surface area contributed by atoms with E-state index in [9.17, 15) is 4.79 Å². The first-order valence-corrected chi connectivity index (χ1v) is 10.1. The lowest BCUT2D eigenvalue weighted by Crippen LogP contribution is -2.53. The Morgan fingerprint density at radius 1 is 1.14 bits per heavy atom. The van der Waals surface area contributed by atoms with Crippen molar-refractivity contribution in [3.8, 4) is 0 Å². The van der Waals surface area contributed by atoms with Gasteiger partial charge in [0.05, 0.1) is 29.1 Å². The molecule has 2 aromatic carbocycles. The van der Waals surface area contributed by atoms with Crippen LogP contribution in [0.1, 0.15) is 50.2 Å². The number of carbonyl (C=O) groups excluding carboxylic acids is 1. The van der Waals surface area contributed by atoms with E-state index in [-0.39, 0.29) is 11.4 Å². The van der Waals surface area contributed by atoms with Crippen LogP contribution in [0.15, 0.2) is 47.5 Å². The molecule has 0 radical (unpaired) electrons. The molecule has 0 saturated heterocycles. The molecule has 0 unspecified atom stereocenters. The van der Waals surface area contributed by atoms with Crippen molar-refractivity contribution < 1.29 is 4.79 Å². The monoisotopic (exact) mass is 376 g/mol. The first-order chi connectivity index (χ1) is 13.6. The van der Waals surface area contributed by atoms with Gasteiger partial charge >= 0.3 is 0 Å². The van der Waals surface area contributed by atoms with E-state index in [2.05, 4.69) is 53.2 Å². The molecule has 28 heavy (non-hydrogen) atoms. The van der Waals surface area contributed by atoms with E-state index in [1.54, 1.807) is 0 Å². The molecule has 0 bridgehead atoms. The summed E-state index contributed by atoms with van der Waals surface area (Å²) >= 11 is 0. The molecule has 1 aliphatic heterocycles. The summed E-state index contributed by atoms with van der Waals surface area (Å²) in [7, 11) is 0. The van der Waals surface area contributed by atoms with E-state index in [0.717, 1.165) is 35.7 Å². The predicted octanol–water partition coefficient (Wildman–Crippen LogP) is 5.09. The van der Waals surface area contributed by atoms with Gasteiger partial charge in [0.15, 0.2) is 0 Å². The summed E-state index contributed by atoms with van der Waals surface area (Å²) in [6.07, 6.45) is 5.79. The third-order valence-electron chi connectivity index (χ3n) is 5.66. The molecule has 4 rings (SSSR count). The molecule has 1 aliphatic carbocycles. The second kappa shape index (κ2) is 7.66. The first-order valence-electron chi connectivity index (χ1n) is 10.1. The highest BCUT2D eigenvalue weighted by atomic mass is 16.1. The van der Waals surface area contributed by atoms with Gasteiger partial charge in [-0.05, 0) is 37.5 Å². The molecule has 5 heteroatoms. The van der Waals surface area contributed by atoms with Crippen molar-refractivity contribution in [2.24, 2.45) is 4.99 Å². The van der Waals surface area contributed by atoms with Gasteiger partial charge in [-0.2, -0.15) is 0 Å². The number of carbonyl (C=O) groups is 1. The number of nitrogens with one attached hydrogen (secondary N) is 3. The molecule has 3 N–H and O–H groups in total. The quantitative estimate of drug-likeness (QED) is 0.699. The van der Waals surface area contributed by atoms with Crippen LogP contribution in [0, 0.1) is 6.92 Å². The zero-order valence-corrected chi connectivity index (χ0v) is 16.6. The van der Waals surface area contributed by atoms with Crippen LogP contribution in [0.3, 0.4) is 0 Å². The fraction of sp³-hybridized carbons (Fsp3) is 0.391. The number of para-hydroxylation sites is 1. The van der Waals surface area contributed by atoms with Crippen molar-refractivity contribution in [3.63, 3.8) is 0 Å². The van der Waals surface area contributed by atoms with Gasteiger partial charge in [0.2, 0.25) is 5.91 Å². The molecule has 2 aliphatic rings. The Kier molecular flexibility index (Phi) is 5.07. The van der Waals surface area contributed by atoms with Gasteiger partial charge in [-0.25, -0.2) is 0 Å². The second-order valence-electron chi connectivity index (χ2n) is 7.96. The lowest BCUT2D eigenvalue weighted by atomic mass is 9.79. The van der Waals surface area contributed by atoms with Crippen LogP contribution in [0.2, 0.25) is 0 Å². The average Bonchev–Trinajstić information content (AvgIpc) is 2.67. The minimum Gasteiger partial charge on any atom is -0.371 e. The summed E-state index contributed by atoms with van der Waals surface area (Å²) in [5, 5.41) is 10.3. The Morgan fingerprint density at radius 2 is 1.93 bits per heavy atom. The maximum atomic E-state index is 11.6. The summed E-state index contributed by atoms with van der Waals surface area (Å²) in [4.78, 5) is 16.6. The zero-order chi connectivity index (χ0) is 19.6. The number of amides is 1. The van der Waals surface area contributed by atoms with Crippen molar-refractivity contribution in [2.45, 2.75) is 58.0 Å². The maximum Gasteiger partial charge on any atom is 0.221 e. The van der Waals surface area contributed by atoms with Gasteiger partial charge in [-0.1, -0.05) is 55.2 Å². The lowest BCUT2D eigenvalue weighted by molar-refractivity contribution is -0.114. The van der Waals surface area contributed by atoms with Crippen molar-refractivity contribution in [3.05, 3.63) is 53.6 Å². The SMILES string of the molecule is CC(=O)Nc1cccc2c1NC(=NCc1cccc(C)c1)C1(CCCCC1)N2. The number of hydrogen-bond donors (Lipinski definition) is 3. The molecule has 146 valence electrons. The fourth-order valence-electron chi connectivity index (χ4n) is 4.33. The molecule has 1 spiro atoms. The number of hydrogen-bond acceptors (Lipinski definition) is 3. The molecule has 1 heterocycles. The average molecular weight is 377 g/mol. The number of amidine groups is 1. The number of aliphatic imine (C=N–C) groups is 1. The number of fused-ring (bicyclic) bond motifs is 1. The summed E-state index contributed by atoms with van der Waals surface area (Å²) in [6, 6.07) is 14.5. The standard InChI is InChI=1S/C23H28N4O/c1-16-8-6-9-18(14-16)15-24-22-23(12-4-3-5-13-23)27-20-11-7-10-19(21(20)26-22)25-17(2)28/h6-11,14,27H,3-5,12-13,15H2,1-2H3,(H,24,26)(H,25,28). The normalized spacial score (nSPS) is 18.9. The Morgan fingerprint density at radius 3 is 2.68 bits per heavy atom. The van der Waals surface area contributed by atoms with Gasteiger partial charge < -0.3 is 16.0 Å². The third kappa shape index (κ3) is 3.75. The fourth-order valence-corrected chi connectivity index (χ4v) is 4.33. The van der Waals surface area contributed by atoms with Crippen LogP contribution in [0.4, 0.5) is 17.1 Å². The molecule has 0 atom stereocenters. The van der Waals surface area contributed by atoms with Gasteiger partial charge in [-0.15, -0.1) is 0 Å². The number of anilines is 3. The number of aryl methyl sites for hydroxylation is 1. The van der Waals surface area contributed by atoms with Crippen molar-refractivity contribution >= 4 is 28.8 Å². The number of rotatable bonds is 3. The van der Waals surface area contributed by atoms with E-state index < -0.39 is 0 Å². The minimum atomic E-state index is -0.149. The van der Waals surface area contributed by atoms with E-state index >= 15 is 0 Å². The second-order valence-corrected chi connectivity index (χ2v) is 7.96. The first kappa shape index (κ1) is 18.5. The molecule has 2 aromatic rings. The Bertz CT molecular complexity index is 913. The van der Waals surface area contributed by atoms with Crippen LogP contribution in [-0.4, -0.2) is 17.3 Å². The topological polar surface area (TPSA) is 65.5 Å². The van der Waals surface area contributed by atoms with Crippen LogP contribution < -0.4 is 16.0 Å². The van der Waals surface area contributed by atoms with E-state index in [4.69, 9.17) is 4.99 Å². The Hall–Kier alpha value is -2.82. The summed E-state index contributed by atoms with van der Waals surface area (Å²) in [6.45, 7) is 4.28. The van der Waals surface area contributed by atoms with Gasteiger partial charge in [0, 0.05) is 6.92 Å².